The van der Waals surface area contributed by atoms with Crippen molar-refractivity contribution in [2.24, 2.45) is 0 Å². The van der Waals surface area contributed by atoms with Crippen LogP contribution in [0.15, 0.2) is 109 Å². The van der Waals surface area contributed by atoms with Crippen LogP contribution in [-0.2, 0) is 19.8 Å². The van der Waals surface area contributed by atoms with Gasteiger partial charge in [-0.1, -0.05) is 91.0 Å². The zero-order valence-electron chi connectivity index (χ0n) is 22.9. The topological polar surface area (TPSA) is 75.5 Å². The van der Waals surface area contributed by atoms with Gasteiger partial charge in [-0.2, -0.15) is 5.10 Å². The number of benzene rings is 3. The Kier molecular flexibility index (Phi) is 7.60. The van der Waals surface area contributed by atoms with Gasteiger partial charge in [0.1, 0.15) is 11.6 Å². The largest absolute Gasteiger partial charge is 0.474 e. The van der Waals surface area contributed by atoms with Crippen molar-refractivity contribution < 1.29 is 19.0 Å². The van der Waals surface area contributed by atoms with Crippen LogP contribution in [0.4, 0.5) is 0 Å². The van der Waals surface area contributed by atoms with Gasteiger partial charge in [-0.15, -0.1) is 0 Å². The molecule has 5 aromatic rings. The number of ether oxygens (including phenoxy) is 3. The molecule has 1 aliphatic heterocycles. The fourth-order valence-corrected chi connectivity index (χ4v) is 5.60. The van der Waals surface area contributed by atoms with Gasteiger partial charge in [0.15, 0.2) is 0 Å². The highest BCUT2D eigenvalue weighted by Gasteiger charge is 2.41. The molecule has 0 saturated carbocycles. The molecular formula is C34H31N3O4. The van der Waals surface area contributed by atoms with E-state index in [0.29, 0.717) is 24.8 Å². The second-order valence-corrected chi connectivity index (χ2v) is 9.90. The quantitative estimate of drug-likeness (QED) is 0.135. The van der Waals surface area contributed by atoms with Crippen LogP contribution in [0.5, 0.6) is 5.88 Å². The van der Waals surface area contributed by atoms with E-state index < -0.39 is 11.5 Å². The molecule has 2 aromatic heterocycles. The molecule has 206 valence electrons. The van der Waals surface area contributed by atoms with Crippen LogP contribution in [-0.4, -0.2) is 47.2 Å². The Labute approximate surface area is 239 Å². The highest BCUT2D eigenvalue weighted by atomic mass is 16.5. The SMILES string of the molecule is COC(=O)/C=C/c1nn(C(c2ccccc2)(c2ccccc2)c2ccccc2)c2ccnc(OC3CCOCC3)c12. The normalized spacial score (nSPS) is 14.4. The molecule has 3 aromatic carbocycles. The van der Waals surface area contributed by atoms with Crippen LogP contribution >= 0.6 is 0 Å². The van der Waals surface area contributed by atoms with Crippen LogP contribution in [0.2, 0.25) is 0 Å². The van der Waals surface area contributed by atoms with Crippen LogP contribution in [0, 0.1) is 0 Å². The third-order valence-corrected chi connectivity index (χ3v) is 7.50. The van der Waals surface area contributed by atoms with Crippen molar-refractivity contribution in [3.63, 3.8) is 0 Å². The first-order chi connectivity index (χ1) is 20.2. The second kappa shape index (κ2) is 11.8. The van der Waals surface area contributed by atoms with E-state index in [4.69, 9.17) is 19.3 Å². The second-order valence-electron chi connectivity index (χ2n) is 9.90. The summed E-state index contributed by atoms with van der Waals surface area (Å²) in [4.78, 5) is 16.8. The first kappa shape index (κ1) is 26.5. The van der Waals surface area contributed by atoms with Crippen LogP contribution in [0.3, 0.4) is 0 Å². The molecule has 0 radical (unpaired) electrons. The van der Waals surface area contributed by atoms with E-state index in [0.717, 1.165) is 40.4 Å². The van der Waals surface area contributed by atoms with Crippen molar-refractivity contribution in [3.8, 4) is 5.88 Å². The lowest BCUT2D eigenvalue weighted by atomic mass is 9.77. The molecule has 1 saturated heterocycles. The smallest absolute Gasteiger partial charge is 0.330 e. The zero-order chi connectivity index (χ0) is 28.1. The van der Waals surface area contributed by atoms with Crippen LogP contribution in [0.25, 0.3) is 17.0 Å². The van der Waals surface area contributed by atoms with E-state index in [1.165, 1.54) is 13.2 Å². The maximum Gasteiger partial charge on any atom is 0.330 e. The minimum Gasteiger partial charge on any atom is -0.474 e. The maximum absolute atomic E-state index is 12.2. The van der Waals surface area contributed by atoms with Crippen molar-refractivity contribution >= 4 is 22.9 Å². The van der Waals surface area contributed by atoms with Gasteiger partial charge < -0.3 is 14.2 Å². The fraction of sp³-hybridized carbons (Fsp3) is 0.206. The summed E-state index contributed by atoms with van der Waals surface area (Å²) in [5.41, 5.74) is 3.64. The highest BCUT2D eigenvalue weighted by Crippen LogP contribution is 2.44. The van der Waals surface area contributed by atoms with Gasteiger partial charge in [0.25, 0.3) is 0 Å². The molecule has 7 heteroatoms. The van der Waals surface area contributed by atoms with Gasteiger partial charge >= 0.3 is 5.97 Å². The Bertz CT molecular complexity index is 1550. The van der Waals surface area contributed by atoms with Gasteiger partial charge in [0.05, 0.1) is 36.9 Å². The average Bonchev–Trinajstić information content (AvgIpc) is 3.42. The molecule has 41 heavy (non-hydrogen) atoms. The lowest BCUT2D eigenvalue weighted by molar-refractivity contribution is -0.134. The number of rotatable bonds is 8. The number of esters is 1. The van der Waals surface area contributed by atoms with Crippen molar-refractivity contribution in [1.82, 2.24) is 14.8 Å². The number of carbonyl (C=O) groups excluding carboxylic acids is 1. The number of methoxy groups -OCH3 is 1. The van der Waals surface area contributed by atoms with E-state index in [9.17, 15) is 4.79 Å². The molecule has 0 bridgehead atoms. The molecule has 1 fully saturated rings. The predicted octanol–water partition coefficient (Wildman–Crippen LogP) is 6.02. The molecule has 6 rings (SSSR count). The number of pyridine rings is 1. The third kappa shape index (κ3) is 5.00. The van der Waals surface area contributed by atoms with Gasteiger partial charge in [0, 0.05) is 25.1 Å². The number of carbonyl (C=O) groups is 1. The minimum absolute atomic E-state index is 0.0234. The molecule has 7 nitrogen and oxygen atoms in total. The molecular weight excluding hydrogens is 514 g/mol. The summed E-state index contributed by atoms with van der Waals surface area (Å²) in [6.45, 7) is 1.29. The first-order valence-electron chi connectivity index (χ1n) is 13.8. The van der Waals surface area contributed by atoms with E-state index in [1.807, 2.05) is 65.3 Å². The van der Waals surface area contributed by atoms with Crippen LogP contribution < -0.4 is 4.74 Å². The predicted molar refractivity (Wildman–Crippen MR) is 158 cm³/mol. The highest BCUT2D eigenvalue weighted by molar-refractivity contribution is 5.95. The third-order valence-electron chi connectivity index (χ3n) is 7.50. The minimum atomic E-state index is -0.851. The Morgan fingerprint density at radius 2 is 1.44 bits per heavy atom. The molecule has 0 aliphatic carbocycles. The summed E-state index contributed by atoms with van der Waals surface area (Å²) in [7, 11) is 1.36. The Morgan fingerprint density at radius 3 is 1.98 bits per heavy atom. The molecule has 3 heterocycles. The fourth-order valence-electron chi connectivity index (χ4n) is 5.60. The maximum atomic E-state index is 12.2. The average molecular weight is 546 g/mol. The summed E-state index contributed by atoms with van der Waals surface area (Å²) in [6, 6.07) is 33.0. The molecule has 1 aliphatic rings. The van der Waals surface area contributed by atoms with E-state index in [1.54, 1.807) is 12.3 Å². The molecule has 0 amide bonds. The standard InChI is InChI=1S/C34H31N3O4/c1-39-31(38)18-17-29-32-30(19-22-35-33(32)41-28-20-23-40-24-21-28)37(36-29)34(25-11-5-2-6-12-25,26-13-7-3-8-14-26)27-15-9-4-10-16-27/h2-19,22,28H,20-21,23-24H2,1H3/b18-17+. The van der Waals surface area contributed by atoms with E-state index in [-0.39, 0.29) is 6.10 Å². The van der Waals surface area contributed by atoms with Gasteiger partial charge in [-0.25, -0.2) is 14.5 Å². The molecule has 0 spiro atoms. The van der Waals surface area contributed by atoms with E-state index >= 15 is 0 Å². The van der Waals surface area contributed by atoms with Gasteiger partial charge in [0.2, 0.25) is 5.88 Å². The molecule has 0 atom stereocenters. The van der Waals surface area contributed by atoms with Crippen LogP contribution in [0.1, 0.15) is 35.2 Å². The first-order valence-corrected chi connectivity index (χ1v) is 13.8. The summed E-state index contributed by atoms with van der Waals surface area (Å²) < 4.78 is 19.0. The number of hydrogen-bond donors (Lipinski definition) is 0. The van der Waals surface area contributed by atoms with E-state index in [2.05, 4.69) is 41.4 Å². The number of aromatic nitrogens is 3. The van der Waals surface area contributed by atoms with Crippen molar-refractivity contribution in [2.45, 2.75) is 24.5 Å². The molecule has 0 unspecified atom stereocenters. The lowest BCUT2D eigenvalue weighted by Crippen LogP contribution is -2.38. The summed E-state index contributed by atoms with van der Waals surface area (Å²) >= 11 is 0. The number of nitrogens with zero attached hydrogens (tertiary/aromatic N) is 3. The van der Waals surface area contributed by atoms with Crippen molar-refractivity contribution in [1.29, 1.82) is 0 Å². The number of hydrogen-bond acceptors (Lipinski definition) is 6. The van der Waals surface area contributed by atoms with Gasteiger partial charge in [-0.3, -0.25) is 0 Å². The zero-order valence-corrected chi connectivity index (χ0v) is 22.9. The molecule has 0 N–H and O–H groups in total. The Morgan fingerprint density at radius 1 is 0.878 bits per heavy atom. The summed E-state index contributed by atoms with van der Waals surface area (Å²) in [5, 5.41) is 5.96. The monoisotopic (exact) mass is 545 g/mol. The Hall–Kier alpha value is -4.75. The van der Waals surface area contributed by atoms with Gasteiger partial charge in [-0.05, 0) is 28.8 Å². The van der Waals surface area contributed by atoms with Crippen molar-refractivity contribution in [2.75, 3.05) is 20.3 Å². The number of fused-ring (bicyclic) bond motifs is 1. The Balaban J connectivity index is 1.68. The van der Waals surface area contributed by atoms with Crippen molar-refractivity contribution in [3.05, 3.63) is 132 Å². The summed E-state index contributed by atoms with van der Waals surface area (Å²) in [5.74, 6) is 0.0113. The lowest BCUT2D eigenvalue weighted by Gasteiger charge is -2.37. The summed E-state index contributed by atoms with van der Waals surface area (Å²) in [6.07, 6.45) is 6.35.